The minimum absolute atomic E-state index is 0.144. The van der Waals surface area contributed by atoms with E-state index < -0.39 is 6.36 Å². The van der Waals surface area contributed by atoms with Gasteiger partial charge in [-0.2, -0.15) is 0 Å². The largest absolute Gasteiger partial charge is 0.573 e. The van der Waals surface area contributed by atoms with Crippen LogP contribution in [0, 0.1) is 0 Å². The molecule has 110 valence electrons. The normalized spacial score (nSPS) is 11.6. The van der Waals surface area contributed by atoms with Crippen LogP contribution in [0.15, 0.2) is 54.1 Å². The molecule has 0 spiro atoms. The fourth-order valence-corrected chi connectivity index (χ4v) is 2.11. The molecular formula is C14H10F3NO2S. The van der Waals surface area contributed by atoms with Gasteiger partial charge in [0, 0.05) is 18.0 Å². The van der Waals surface area contributed by atoms with Crippen LogP contribution >= 0.6 is 11.3 Å². The fraction of sp³-hybridized carbons (Fsp3) is 0.0714. The van der Waals surface area contributed by atoms with Crippen molar-refractivity contribution in [3.05, 3.63) is 58.9 Å². The molecule has 2 aromatic rings. The zero-order chi connectivity index (χ0) is 15.3. The van der Waals surface area contributed by atoms with E-state index in [1.54, 1.807) is 17.5 Å². The van der Waals surface area contributed by atoms with E-state index in [0.29, 0.717) is 10.6 Å². The topological polar surface area (TPSA) is 38.3 Å². The molecule has 21 heavy (non-hydrogen) atoms. The summed E-state index contributed by atoms with van der Waals surface area (Å²) in [6.45, 7) is 0. The van der Waals surface area contributed by atoms with Gasteiger partial charge in [-0.3, -0.25) is 4.79 Å². The average Bonchev–Trinajstić information content (AvgIpc) is 2.93. The first-order valence-electron chi connectivity index (χ1n) is 5.81. The Bertz CT molecular complexity index is 619. The van der Waals surface area contributed by atoms with Crippen LogP contribution < -0.4 is 10.1 Å². The predicted octanol–water partition coefficient (Wildman–Crippen LogP) is 4.46. The van der Waals surface area contributed by atoms with Gasteiger partial charge in [0.25, 0.3) is 0 Å². The molecule has 0 atom stereocenters. The molecular weight excluding hydrogens is 303 g/mol. The van der Waals surface area contributed by atoms with E-state index in [0.717, 1.165) is 0 Å². The quantitative estimate of drug-likeness (QED) is 0.654. The maximum atomic E-state index is 12.0. The first-order chi connectivity index (χ1) is 9.94. The third-order valence-corrected chi connectivity index (χ3v) is 3.22. The summed E-state index contributed by atoms with van der Waals surface area (Å²) < 4.78 is 39.7. The molecule has 0 saturated heterocycles. The maximum Gasteiger partial charge on any atom is 0.573 e. The molecule has 1 aromatic heterocycles. The Morgan fingerprint density at radius 2 is 1.90 bits per heavy atom. The number of thiophene rings is 1. The number of hydrogen-bond donors (Lipinski definition) is 1. The van der Waals surface area contributed by atoms with Gasteiger partial charge in [0.15, 0.2) is 5.78 Å². The highest BCUT2D eigenvalue weighted by Gasteiger charge is 2.30. The molecule has 7 heteroatoms. The number of rotatable bonds is 5. The van der Waals surface area contributed by atoms with Gasteiger partial charge < -0.3 is 10.1 Å². The van der Waals surface area contributed by atoms with E-state index in [-0.39, 0.29) is 11.5 Å². The van der Waals surface area contributed by atoms with Gasteiger partial charge in [0.1, 0.15) is 5.75 Å². The molecule has 1 heterocycles. The maximum absolute atomic E-state index is 12.0. The Hall–Kier alpha value is -2.28. The van der Waals surface area contributed by atoms with Crippen LogP contribution in [-0.2, 0) is 0 Å². The van der Waals surface area contributed by atoms with Crippen molar-refractivity contribution >= 4 is 22.8 Å². The molecule has 0 aliphatic carbocycles. The summed E-state index contributed by atoms with van der Waals surface area (Å²) in [5.41, 5.74) is 0.541. The second-order valence-corrected chi connectivity index (χ2v) is 4.84. The summed E-state index contributed by atoms with van der Waals surface area (Å²) in [7, 11) is 0. The van der Waals surface area contributed by atoms with Gasteiger partial charge in [0.2, 0.25) is 0 Å². The van der Waals surface area contributed by atoms with Crippen LogP contribution in [0.4, 0.5) is 18.9 Å². The third kappa shape index (κ3) is 4.96. The van der Waals surface area contributed by atoms with E-state index in [1.165, 1.54) is 47.9 Å². The molecule has 1 aromatic carbocycles. The van der Waals surface area contributed by atoms with Crippen LogP contribution in [-0.4, -0.2) is 12.1 Å². The zero-order valence-electron chi connectivity index (χ0n) is 10.6. The van der Waals surface area contributed by atoms with E-state index in [9.17, 15) is 18.0 Å². The van der Waals surface area contributed by atoms with Crippen molar-refractivity contribution in [1.29, 1.82) is 0 Å². The number of halogens is 3. The third-order valence-electron chi connectivity index (χ3n) is 2.34. The summed E-state index contributed by atoms with van der Waals surface area (Å²) in [5.74, 6) is -0.443. The Morgan fingerprint density at radius 1 is 1.19 bits per heavy atom. The summed E-state index contributed by atoms with van der Waals surface area (Å²) >= 11 is 1.33. The van der Waals surface area contributed by atoms with Crippen molar-refractivity contribution in [2.45, 2.75) is 6.36 Å². The number of ketones is 1. The van der Waals surface area contributed by atoms with Crippen molar-refractivity contribution in [2.75, 3.05) is 5.32 Å². The van der Waals surface area contributed by atoms with Crippen molar-refractivity contribution in [3.8, 4) is 5.75 Å². The van der Waals surface area contributed by atoms with Gasteiger partial charge in [-0.15, -0.1) is 24.5 Å². The Kier molecular flexibility index (Phi) is 4.64. The summed E-state index contributed by atoms with van der Waals surface area (Å²) in [4.78, 5) is 12.3. The van der Waals surface area contributed by atoms with Crippen LogP contribution in [0.25, 0.3) is 0 Å². The lowest BCUT2D eigenvalue weighted by atomic mass is 10.3. The number of anilines is 1. The van der Waals surface area contributed by atoms with E-state index >= 15 is 0 Å². The number of ether oxygens (including phenoxy) is 1. The number of alkyl halides is 3. The molecule has 1 N–H and O–H groups in total. The van der Waals surface area contributed by atoms with Crippen molar-refractivity contribution in [2.24, 2.45) is 0 Å². The van der Waals surface area contributed by atoms with E-state index in [1.807, 2.05) is 0 Å². The molecule has 0 unspecified atom stereocenters. The number of carbonyl (C=O) groups excluding carboxylic acids is 1. The number of hydrogen-bond acceptors (Lipinski definition) is 4. The summed E-state index contributed by atoms with van der Waals surface area (Å²) in [5, 5.41) is 4.59. The SMILES string of the molecule is O=C(/C=C\Nc1ccc(OC(F)(F)F)cc1)c1cccs1. The highest BCUT2D eigenvalue weighted by atomic mass is 32.1. The van der Waals surface area contributed by atoms with Gasteiger partial charge in [-0.25, -0.2) is 0 Å². The zero-order valence-corrected chi connectivity index (χ0v) is 11.4. The Labute approximate surface area is 122 Å². The fourth-order valence-electron chi connectivity index (χ4n) is 1.47. The van der Waals surface area contributed by atoms with Crippen LogP contribution in [0.1, 0.15) is 9.67 Å². The first-order valence-corrected chi connectivity index (χ1v) is 6.69. The molecule has 0 aliphatic heterocycles. The van der Waals surface area contributed by atoms with Gasteiger partial charge in [-0.1, -0.05) is 6.07 Å². The second kappa shape index (κ2) is 6.45. The number of carbonyl (C=O) groups is 1. The molecule has 0 bridgehead atoms. The number of benzene rings is 1. The molecule has 0 aliphatic rings. The summed E-state index contributed by atoms with van der Waals surface area (Å²) in [6, 6.07) is 8.69. The van der Waals surface area contributed by atoms with E-state index in [2.05, 4.69) is 10.1 Å². The van der Waals surface area contributed by atoms with Crippen molar-refractivity contribution in [1.82, 2.24) is 0 Å². The second-order valence-electron chi connectivity index (χ2n) is 3.89. The minimum atomic E-state index is -4.71. The number of nitrogens with one attached hydrogen (secondary N) is 1. The van der Waals surface area contributed by atoms with Gasteiger partial charge in [-0.05, 0) is 35.7 Å². The van der Waals surface area contributed by atoms with Crippen LogP contribution in [0.2, 0.25) is 0 Å². The smallest absolute Gasteiger partial charge is 0.406 e. The highest BCUT2D eigenvalue weighted by Crippen LogP contribution is 2.23. The highest BCUT2D eigenvalue weighted by molar-refractivity contribution is 7.12. The number of allylic oxidation sites excluding steroid dienone is 1. The Morgan fingerprint density at radius 3 is 2.48 bits per heavy atom. The molecule has 3 nitrogen and oxygen atoms in total. The average molecular weight is 313 g/mol. The standard InChI is InChI=1S/C14H10F3NO2S/c15-14(16,17)20-11-5-3-10(4-6-11)18-8-7-12(19)13-2-1-9-21-13/h1-9,18H/b8-7-. The molecule has 2 rings (SSSR count). The van der Waals surface area contributed by atoms with Crippen molar-refractivity contribution < 1.29 is 22.7 Å². The lowest BCUT2D eigenvalue weighted by Gasteiger charge is -2.09. The predicted molar refractivity (Wildman–Crippen MR) is 74.5 cm³/mol. The minimum Gasteiger partial charge on any atom is -0.406 e. The van der Waals surface area contributed by atoms with E-state index in [4.69, 9.17) is 0 Å². The summed E-state index contributed by atoms with van der Waals surface area (Å²) in [6.07, 6.45) is -1.92. The van der Waals surface area contributed by atoms with Crippen LogP contribution in [0.3, 0.4) is 0 Å². The first kappa shape index (κ1) is 15.1. The van der Waals surface area contributed by atoms with Gasteiger partial charge >= 0.3 is 6.36 Å². The molecule has 0 saturated carbocycles. The van der Waals surface area contributed by atoms with Crippen molar-refractivity contribution in [3.63, 3.8) is 0 Å². The van der Waals surface area contributed by atoms with Gasteiger partial charge in [0.05, 0.1) is 4.88 Å². The molecule has 0 amide bonds. The lowest BCUT2D eigenvalue weighted by Crippen LogP contribution is -2.16. The lowest BCUT2D eigenvalue weighted by molar-refractivity contribution is -0.274. The monoisotopic (exact) mass is 313 g/mol. The van der Waals surface area contributed by atoms with Crippen LogP contribution in [0.5, 0.6) is 5.75 Å². The Balaban J connectivity index is 1.90. The molecule has 0 fully saturated rings. The molecule has 0 radical (unpaired) electrons.